The van der Waals surface area contributed by atoms with Crippen molar-refractivity contribution < 1.29 is 9.53 Å². The van der Waals surface area contributed by atoms with Gasteiger partial charge in [0.15, 0.2) is 0 Å². The van der Waals surface area contributed by atoms with E-state index < -0.39 is 0 Å². The summed E-state index contributed by atoms with van der Waals surface area (Å²) in [5.41, 5.74) is 1.75. The maximum atomic E-state index is 12.3. The number of morpholine rings is 1. The number of hydrogen-bond acceptors (Lipinski definition) is 4. The smallest absolute Gasteiger partial charge is 0.254 e. The van der Waals surface area contributed by atoms with E-state index in [4.69, 9.17) is 4.74 Å². The molecule has 0 spiro atoms. The first-order valence-electron chi connectivity index (χ1n) is 6.18. The van der Waals surface area contributed by atoms with Crippen molar-refractivity contribution in [3.05, 3.63) is 40.1 Å². The summed E-state index contributed by atoms with van der Waals surface area (Å²) in [6.07, 6.45) is 1.61. The summed E-state index contributed by atoms with van der Waals surface area (Å²) >= 11 is 1.54. The highest BCUT2D eigenvalue weighted by Crippen LogP contribution is 2.21. The fourth-order valence-corrected chi connectivity index (χ4v) is 2.79. The van der Waals surface area contributed by atoms with E-state index in [9.17, 15) is 4.79 Å². The maximum absolute atomic E-state index is 12.3. The van der Waals surface area contributed by atoms with Crippen LogP contribution in [0, 0.1) is 6.92 Å². The van der Waals surface area contributed by atoms with Gasteiger partial charge < -0.3 is 14.6 Å². The Morgan fingerprint density at radius 2 is 2.53 bits per heavy atom. The highest BCUT2D eigenvalue weighted by Gasteiger charge is 2.27. The molecule has 2 aromatic rings. The van der Waals surface area contributed by atoms with E-state index in [1.165, 1.54) is 11.3 Å². The standard InChI is InChI=1S/C13H15N3O2S/c1-9-6-14-12(15-9)11-7-16(3-4-18-11)13(17)10-2-5-19-8-10/h2,5-6,8,11H,3-4,7H2,1H3,(H,14,15). The van der Waals surface area contributed by atoms with E-state index in [-0.39, 0.29) is 12.0 Å². The Labute approximate surface area is 115 Å². The molecule has 0 bridgehead atoms. The molecule has 2 aromatic heterocycles. The summed E-state index contributed by atoms with van der Waals surface area (Å²) in [5, 5.41) is 3.80. The highest BCUT2D eigenvalue weighted by atomic mass is 32.1. The van der Waals surface area contributed by atoms with Gasteiger partial charge in [-0.1, -0.05) is 0 Å². The number of hydrogen-bond donors (Lipinski definition) is 1. The SMILES string of the molecule is Cc1cnc(C2CN(C(=O)c3ccsc3)CCO2)[nH]1. The Bertz CT molecular complexity index is 564. The van der Waals surface area contributed by atoms with E-state index in [2.05, 4.69) is 9.97 Å². The minimum atomic E-state index is -0.162. The molecule has 0 radical (unpaired) electrons. The molecule has 0 aromatic carbocycles. The van der Waals surface area contributed by atoms with Gasteiger partial charge >= 0.3 is 0 Å². The number of amides is 1. The van der Waals surface area contributed by atoms with E-state index >= 15 is 0 Å². The van der Waals surface area contributed by atoms with Gasteiger partial charge in [0.05, 0.1) is 18.7 Å². The summed E-state index contributed by atoms with van der Waals surface area (Å²) in [6, 6.07) is 1.86. The topological polar surface area (TPSA) is 58.2 Å². The number of carbonyl (C=O) groups is 1. The fourth-order valence-electron chi connectivity index (χ4n) is 2.16. The van der Waals surface area contributed by atoms with Crippen LogP contribution in [0.4, 0.5) is 0 Å². The number of thiophene rings is 1. The third-order valence-electron chi connectivity index (χ3n) is 3.15. The molecule has 3 heterocycles. The number of nitrogens with one attached hydrogen (secondary N) is 1. The molecule has 3 rings (SSSR count). The molecular weight excluding hydrogens is 262 g/mol. The molecule has 0 aliphatic carbocycles. The molecule has 1 N–H and O–H groups in total. The lowest BCUT2D eigenvalue weighted by atomic mass is 10.2. The van der Waals surface area contributed by atoms with Gasteiger partial charge in [-0.3, -0.25) is 4.79 Å². The molecule has 5 nitrogen and oxygen atoms in total. The van der Waals surface area contributed by atoms with E-state index in [0.29, 0.717) is 19.7 Å². The van der Waals surface area contributed by atoms with Gasteiger partial charge in [0.2, 0.25) is 0 Å². The Kier molecular flexibility index (Phi) is 3.35. The third kappa shape index (κ3) is 2.54. The Morgan fingerprint density at radius 1 is 1.63 bits per heavy atom. The minimum Gasteiger partial charge on any atom is -0.367 e. The average Bonchev–Trinajstić information content (AvgIpc) is 3.09. The van der Waals surface area contributed by atoms with Gasteiger partial charge in [-0.15, -0.1) is 0 Å². The van der Waals surface area contributed by atoms with Crippen molar-refractivity contribution in [2.24, 2.45) is 0 Å². The first-order chi connectivity index (χ1) is 9.24. The summed E-state index contributed by atoms with van der Waals surface area (Å²) in [5.74, 6) is 0.859. The fraction of sp³-hybridized carbons (Fsp3) is 0.385. The number of imidazole rings is 1. The molecule has 100 valence electrons. The molecule has 1 saturated heterocycles. The van der Waals surface area contributed by atoms with Gasteiger partial charge in [0.25, 0.3) is 5.91 Å². The van der Waals surface area contributed by atoms with Crippen LogP contribution in [0.3, 0.4) is 0 Å². The van der Waals surface area contributed by atoms with E-state index in [1.807, 2.05) is 28.7 Å². The summed E-state index contributed by atoms with van der Waals surface area (Å²) < 4.78 is 5.69. The van der Waals surface area contributed by atoms with Crippen LogP contribution in [-0.4, -0.2) is 40.5 Å². The van der Waals surface area contributed by atoms with Gasteiger partial charge in [0, 0.05) is 23.8 Å². The summed E-state index contributed by atoms with van der Waals surface area (Å²) in [6.45, 7) is 3.67. The van der Waals surface area contributed by atoms with Crippen molar-refractivity contribution in [1.82, 2.24) is 14.9 Å². The zero-order valence-electron chi connectivity index (χ0n) is 10.6. The molecule has 1 amide bonds. The van der Waals surface area contributed by atoms with Crippen LogP contribution >= 0.6 is 11.3 Å². The highest BCUT2D eigenvalue weighted by molar-refractivity contribution is 7.08. The second-order valence-corrected chi connectivity index (χ2v) is 5.35. The molecular formula is C13H15N3O2S. The van der Waals surface area contributed by atoms with E-state index in [0.717, 1.165) is 17.1 Å². The monoisotopic (exact) mass is 277 g/mol. The second kappa shape index (κ2) is 5.14. The lowest BCUT2D eigenvalue weighted by Gasteiger charge is -2.31. The van der Waals surface area contributed by atoms with Crippen molar-refractivity contribution in [3.8, 4) is 0 Å². The maximum Gasteiger partial charge on any atom is 0.254 e. The molecule has 1 unspecified atom stereocenters. The van der Waals surface area contributed by atoms with Crippen molar-refractivity contribution in [2.75, 3.05) is 19.7 Å². The van der Waals surface area contributed by atoms with Crippen LogP contribution in [0.2, 0.25) is 0 Å². The number of carbonyl (C=O) groups excluding carboxylic acids is 1. The van der Waals surface area contributed by atoms with Gasteiger partial charge in [-0.25, -0.2) is 4.98 Å². The van der Waals surface area contributed by atoms with Gasteiger partial charge in [0.1, 0.15) is 11.9 Å². The van der Waals surface area contributed by atoms with Crippen molar-refractivity contribution >= 4 is 17.2 Å². The second-order valence-electron chi connectivity index (χ2n) is 4.57. The predicted octanol–water partition coefficient (Wildman–Crippen LogP) is 1.99. The molecule has 1 aliphatic rings. The number of nitrogens with zero attached hydrogens (tertiary/aromatic N) is 2. The zero-order chi connectivity index (χ0) is 13.2. The number of ether oxygens (including phenoxy) is 1. The third-order valence-corrected chi connectivity index (χ3v) is 3.83. The lowest BCUT2D eigenvalue weighted by molar-refractivity contribution is -0.0264. The lowest BCUT2D eigenvalue weighted by Crippen LogP contribution is -2.42. The van der Waals surface area contributed by atoms with Crippen molar-refractivity contribution in [3.63, 3.8) is 0 Å². The normalized spacial score (nSPS) is 19.6. The van der Waals surface area contributed by atoms with Crippen LogP contribution in [0.15, 0.2) is 23.0 Å². The molecule has 1 aliphatic heterocycles. The van der Waals surface area contributed by atoms with Gasteiger partial charge in [-0.05, 0) is 18.4 Å². The molecule has 6 heteroatoms. The van der Waals surface area contributed by atoms with Crippen LogP contribution in [-0.2, 0) is 4.74 Å². The number of aromatic amines is 1. The first kappa shape index (κ1) is 12.4. The van der Waals surface area contributed by atoms with Crippen LogP contribution in [0.5, 0.6) is 0 Å². The molecule has 1 fully saturated rings. The average molecular weight is 277 g/mol. The summed E-state index contributed by atoms with van der Waals surface area (Å²) in [4.78, 5) is 21.6. The number of aryl methyl sites for hydroxylation is 1. The predicted molar refractivity (Wildman–Crippen MR) is 72.2 cm³/mol. The zero-order valence-corrected chi connectivity index (χ0v) is 11.4. The Morgan fingerprint density at radius 3 is 3.21 bits per heavy atom. The number of rotatable bonds is 2. The Hall–Kier alpha value is -1.66. The van der Waals surface area contributed by atoms with Crippen LogP contribution in [0.25, 0.3) is 0 Å². The first-order valence-corrected chi connectivity index (χ1v) is 7.13. The van der Waals surface area contributed by atoms with Gasteiger partial charge in [-0.2, -0.15) is 11.3 Å². The van der Waals surface area contributed by atoms with Crippen molar-refractivity contribution in [1.29, 1.82) is 0 Å². The van der Waals surface area contributed by atoms with E-state index in [1.54, 1.807) is 6.20 Å². The number of aromatic nitrogens is 2. The quantitative estimate of drug-likeness (QED) is 0.913. The van der Waals surface area contributed by atoms with Crippen LogP contribution in [0.1, 0.15) is 28.0 Å². The van der Waals surface area contributed by atoms with Crippen molar-refractivity contribution in [2.45, 2.75) is 13.0 Å². The molecule has 1 atom stereocenters. The minimum absolute atomic E-state index is 0.0674. The molecule has 0 saturated carbocycles. The largest absolute Gasteiger partial charge is 0.367 e. The molecule has 19 heavy (non-hydrogen) atoms. The van der Waals surface area contributed by atoms with Crippen LogP contribution < -0.4 is 0 Å². The Balaban J connectivity index is 1.73. The number of H-pyrrole nitrogens is 1. The summed E-state index contributed by atoms with van der Waals surface area (Å²) in [7, 11) is 0.